The fraction of sp³-hybridized carbons (Fsp3) is 0.0769. The van der Waals surface area contributed by atoms with Crippen LogP contribution in [0.2, 0.25) is 0 Å². The molecule has 1 aromatic heterocycles. The third kappa shape index (κ3) is 1.79. The van der Waals surface area contributed by atoms with Crippen LogP contribution in [0.25, 0.3) is 22.2 Å². The lowest BCUT2D eigenvalue weighted by Crippen LogP contribution is -1.95. The fourth-order valence-electron chi connectivity index (χ4n) is 1.78. The van der Waals surface area contributed by atoms with Gasteiger partial charge in [-0.05, 0) is 22.9 Å². The Morgan fingerprint density at radius 3 is 2.59 bits per heavy atom. The van der Waals surface area contributed by atoms with Gasteiger partial charge < -0.3 is 10.2 Å². The monoisotopic (exact) mass is 225 g/mol. The maximum absolute atomic E-state index is 5.44. The maximum Gasteiger partial charge on any atom is 0.247 e. The summed E-state index contributed by atoms with van der Waals surface area (Å²) >= 11 is 0. The van der Waals surface area contributed by atoms with Crippen molar-refractivity contribution in [3.63, 3.8) is 0 Å². The summed E-state index contributed by atoms with van der Waals surface area (Å²) in [5.74, 6) is 0.962. The van der Waals surface area contributed by atoms with E-state index in [0.717, 1.165) is 10.9 Å². The molecule has 0 fully saturated rings. The zero-order valence-electron chi connectivity index (χ0n) is 9.13. The first-order chi connectivity index (χ1) is 8.36. The molecule has 0 radical (unpaired) electrons. The van der Waals surface area contributed by atoms with E-state index in [1.807, 2.05) is 30.3 Å². The molecule has 2 N–H and O–H groups in total. The van der Waals surface area contributed by atoms with Crippen LogP contribution in [-0.4, -0.2) is 10.2 Å². The summed E-state index contributed by atoms with van der Waals surface area (Å²) in [5, 5.41) is 10.2. The molecule has 0 spiro atoms. The molecule has 2 aromatic carbocycles. The zero-order valence-corrected chi connectivity index (χ0v) is 9.13. The van der Waals surface area contributed by atoms with Gasteiger partial charge in [0.2, 0.25) is 11.8 Å². The first kappa shape index (κ1) is 9.99. The molecule has 0 atom stereocenters. The average molecular weight is 225 g/mol. The quantitative estimate of drug-likeness (QED) is 0.727. The Morgan fingerprint density at radius 1 is 1.00 bits per heavy atom. The van der Waals surface area contributed by atoms with E-state index in [1.165, 1.54) is 5.39 Å². The minimum atomic E-state index is 0.264. The van der Waals surface area contributed by atoms with Crippen molar-refractivity contribution in [2.45, 2.75) is 6.54 Å². The number of rotatable bonds is 2. The number of benzene rings is 2. The van der Waals surface area contributed by atoms with Crippen LogP contribution >= 0.6 is 0 Å². The second kappa shape index (κ2) is 3.99. The minimum absolute atomic E-state index is 0.264. The Balaban J connectivity index is 2.11. The van der Waals surface area contributed by atoms with E-state index in [0.29, 0.717) is 11.8 Å². The molecule has 3 rings (SSSR count). The van der Waals surface area contributed by atoms with E-state index >= 15 is 0 Å². The topological polar surface area (TPSA) is 64.9 Å². The number of nitrogens with two attached hydrogens (primary N) is 1. The lowest BCUT2D eigenvalue weighted by molar-refractivity contribution is 0.509. The van der Waals surface area contributed by atoms with E-state index < -0.39 is 0 Å². The van der Waals surface area contributed by atoms with Crippen molar-refractivity contribution in [2.75, 3.05) is 0 Å². The molecule has 0 amide bonds. The lowest BCUT2D eigenvalue weighted by atomic mass is 10.1. The third-order valence-electron chi connectivity index (χ3n) is 2.64. The van der Waals surface area contributed by atoms with Crippen LogP contribution in [0.15, 0.2) is 46.9 Å². The molecule has 0 saturated heterocycles. The summed E-state index contributed by atoms with van der Waals surface area (Å²) in [6.07, 6.45) is 0. The van der Waals surface area contributed by atoms with E-state index in [-0.39, 0.29) is 6.54 Å². The van der Waals surface area contributed by atoms with Crippen molar-refractivity contribution < 1.29 is 4.42 Å². The Bertz CT molecular complexity index is 660. The summed E-state index contributed by atoms with van der Waals surface area (Å²) in [5.41, 5.74) is 6.35. The van der Waals surface area contributed by atoms with E-state index in [9.17, 15) is 0 Å². The molecule has 84 valence electrons. The Labute approximate surface area is 98.1 Å². The minimum Gasteiger partial charge on any atom is -0.419 e. The molecule has 4 nitrogen and oxygen atoms in total. The van der Waals surface area contributed by atoms with Crippen molar-refractivity contribution in [2.24, 2.45) is 5.73 Å². The van der Waals surface area contributed by atoms with Crippen LogP contribution in [0.5, 0.6) is 0 Å². The molecule has 0 aliphatic carbocycles. The first-order valence-electron chi connectivity index (χ1n) is 5.38. The normalized spacial score (nSPS) is 10.9. The molecular formula is C13H11N3O. The SMILES string of the molecule is NCc1nnc(-c2ccc3ccccc3c2)o1. The first-order valence-corrected chi connectivity index (χ1v) is 5.38. The molecule has 1 heterocycles. The summed E-state index contributed by atoms with van der Waals surface area (Å²) in [7, 11) is 0. The molecule has 0 saturated carbocycles. The van der Waals surface area contributed by atoms with E-state index in [1.54, 1.807) is 0 Å². The average Bonchev–Trinajstić information content (AvgIpc) is 2.87. The standard InChI is InChI=1S/C13H11N3O/c14-8-12-15-16-13(17-12)11-6-5-9-3-1-2-4-10(9)7-11/h1-7H,8,14H2. The van der Waals surface area contributed by atoms with Crippen LogP contribution < -0.4 is 5.73 Å². The van der Waals surface area contributed by atoms with Gasteiger partial charge in [0, 0.05) is 5.56 Å². The summed E-state index contributed by atoms with van der Waals surface area (Å²) in [6.45, 7) is 0.264. The van der Waals surface area contributed by atoms with Crippen LogP contribution in [-0.2, 0) is 6.54 Å². The summed E-state index contributed by atoms with van der Waals surface area (Å²) in [6, 6.07) is 14.2. The highest BCUT2D eigenvalue weighted by Crippen LogP contribution is 2.23. The predicted octanol–water partition coefficient (Wildman–Crippen LogP) is 2.35. The van der Waals surface area contributed by atoms with Gasteiger partial charge in [0.1, 0.15) is 0 Å². The molecule has 3 aromatic rings. The second-order valence-electron chi connectivity index (χ2n) is 3.77. The smallest absolute Gasteiger partial charge is 0.247 e. The van der Waals surface area contributed by atoms with Crippen molar-refractivity contribution in [3.8, 4) is 11.5 Å². The van der Waals surface area contributed by atoms with Gasteiger partial charge in [-0.2, -0.15) is 0 Å². The van der Waals surface area contributed by atoms with Gasteiger partial charge in [0.15, 0.2) is 0 Å². The molecular weight excluding hydrogens is 214 g/mol. The van der Waals surface area contributed by atoms with Crippen molar-refractivity contribution in [1.29, 1.82) is 0 Å². The van der Waals surface area contributed by atoms with Gasteiger partial charge in [-0.15, -0.1) is 10.2 Å². The molecule has 0 unspecified atom stereocenters. The summed E-state index contributed by atoms with van der Waals surface area (Å²) < 4.78 is 5.42. The highest BCUT2D eigenvalue weighted by atomic mass is 16.4. The van der Waals surface area contributed by atoms with Gasteiger partial charge in [-0.25, -0.2) is 0 Å². The molecule has 4 heteroatoms. The van der Waals surface area contributed by atoms with Crippen molar-refractivity contribution >= 4 is 10.8 Å². The van der Waals surface area contributed by atoms with Crippen molar-refractivity contribution in [3.05, 3.63) is 48.4 Å². The Kier molecular flexibility index (Phi) is 2.34. The van der Waals surface area contributed by atoms with Crippen LogP contribution in [0.4, 0.5) is 0 Å². The van der Waals surface area contributed by atoms with Crippen LogP contribution in [0, 0.1) is 0 Å². The fourth-order valence-corrected chi connectivity index (χ4v) is 1.78. The number of hydrogen-bond acceptors (Lipinski definition) is 4. The molecule has 0 bridgehead atoms. The van der Waals surface area contributed by atoms with Gasteiger partial charge in [0.05, 0.1) is 6.54 Å². The number of hydrogen-bond donors (Lipinski definition) is 1. The van der Waals surface area contributed by atoms with Crippen LogP contribution in [0.1, 0.15) is 5.89 Å². The Morgan fingerprint density at radius 2 is 1.82 bits per heavy atom. The van der Waals surface area contributed by atoms with Gasteiger partial charge >= 0.3 is 0 Å². The Hall–Kier alpha value is -2.20. The largest absolute Gasteiger partial charge is 0.419 e. The van der Waals surface area contributed by atoms with Gasteiger partial charge in [-0.3, -0.25) is 0 Å². The highest BCUT2D eigenvalue weighted by Gasteiger charge is 2.07. The molecule has 0 aliphatic rings. The number of aromatic nitrogens is 2. The molecule has 17 heavy (non-hydrogen) atoms. The lowest BCUT2D eigenvalue weighted by Gasteiger charge is -1.99. The van der Waals surface area contributed by atoms with E-state index in [2.05, 4.69) is 22.3 Å². The maximum atomic E-state index is 5.44. The molecule has 0 aliphatic heterocycles. The summed E-state index contributed by atoms with van der Waals surface area (Å²) in [4.78, 5) is 0. The third-order valence-corrected chi connectivity index (χ3v) is 2.64. The van der Waals surface area contributed by atoms with Gasteiger partial charge in [-0.1, -0.05) is 30.3 Å². The predicted molar refractivity (Wildman–Crippen MR) is 65.1 cm³/mol. The van der Waals surface area contributed by atoms with Crippen LogP contribution in [0.3, 0.4) is 0 Å². The number of fused-ring (bicyclic) bond motifs is 1. The number of nitrogens with zero attached hydrogens (tertiary/aromatic N) is 2. The van der Waals surface area contributed by atoms with Crippen molar-refractivity contribution in [1.82, 2.24) is 10.2 Å². The van der Waals surface area contributed by atoms with Gasteiger partial charge in [0.25, 0.3) is 0 Å². The highest BCUT2D eigenvalue weighted by molar-refractivity contribution is 5.86. The van der Waals surface area contributed by atoms with E-state index in [4.69, 9.17) is 10.2 Å². The zero-order chi connectivity index (χ0) is 11.7. The second-order valence-corrected chi connectivity index (χ2v) is 3.77.